The Hall–Kier alpha value is -1.42. The molecule has 16 heavy (non-hydrogen) atoms. The van der Waals surface area contributed by atoms with Crippen LogP contribution in [-0.2, 0) is 4.79 Å². The highest BCUT2D eigenvalue weighted by Gasteiger charge is 2.18. The molecule has 0 radical (unpaired) electrons. The van der Waals surface area contributed by atoms with Crippen molar-refractivity contribution in [1.82, 2.24) is 0 Å². The fraction of sp³-hybridized carbons (Fsp3) is 0.364. The van der Waals surface area contributed by atoms with Crippen LogP contribution < -0.4 is 14.8 Å². The number of benzene rings is 1. The number of amides is 1. The first-order valence-corrected chi connectivity index (χ1v) is 5.35. The van der Waals surface area contributed by atoms with E-state index in [4.69, 9.17) is 21.1 Å². The van der Waals surface area contributed by atoms with Gasteiger partial charge in [0.05, 0.1) is 10.7 Å². The lowest BCUT2D eigenvalue weighted by Gasteiger charge is -2.10. The Balaban J connectivity index is 2.25. The topological polar surface area (TPSA) is 47.6 Å². The molecule has 0 aliphatic carbocycles. The number of carbonyl (C=O) groups is 1. The maximum atomic E-state index is 11.5. The second-order valence-electron chi connectivity index (χ2n) is 3.83. The van der Waals surface area contributed by atoms with Gasteiger partial charge < -0.3 is 14.8 Å². The lowest BCUT2D eigenvalue weighted by Crippen LogP contribution is -2.17. The maximum Gasteiger partial charge on any atom is 0.231 e. The molecule has 1 aliphatic rings. The quantitative estimate of drug-likeness (QED) is 0.866. The molecule has 1 aliphatic heterocycles. The molecule has 0 unspecified atom stereocenters. The van der Waals surface area contributed by atoms with E-state index in [-0.39, 0.29) is 18.6 Å². The molecule has 0 saturated heterocycles. The van der Waals surface area contributed by atoms with Crippen LogP contribution >= 0.6 is 11.6 Å². The Bertz CT molecular complexity index is 431. The standard InChI is InChI=1S/C11H12ClNO3/c1-6(2)11(14)13-8-4-10-9(3-7(8)12)15-5-16-10/h3-4,6H,5H2,1-2H3,(H,13,14). The highest BCUT2D eigenvalue weighted by molar-refractivity contribution is 6.34. The summed E-state index contributed by atoms with van der Waals surface area (Å²) in [7, 11) is 0. The van der Waals surface area contributed by atoms with Crippen LogP contribution in [0.2, 0.25) is 5.02 Å². The summed E-state index contributed by atoms with van der Waals surface area (Å²) in [6.45, 7) is 3.82. The third kappa shape index (κ3) is 2.07. The van der Waals surface area contributed by atoms with E-state index in [0.29, 0.717) is 22.2 Å². The Kier molecular flexibility index (Phi) is 2.92. The summed E-state index contributed by atoms with van der Waals surface area (Å²) in [5.41, 5.74) is 0.546. The first-order valence-electron chi connectivity index (χ1n) is 4.98. The monoisotopic (exact) mass is 241 g/mol. The molecule has 1 amide bonds. The molecular weight excluding hydrogens is 230 g/mol. The first kappa shape index (κ1) is 11.1. The Labute approximate surface area is 98.5 Å². The fourth-order valence-electron chi connectivity index (χ4n) is 1.29. The SMILES string of the molecule is CC(C)C(=O)Nc1cc2c(cc1Cl)OCO2. The largest absolute Gasteiger partial charge is 0.454 e. The van der Waals surface area contributed by atoms with Crippen molar-refractivity contribution in [1.29, 1.82) is 0 Å². The Morgan fingerprint density at radius 3 is 2.62 bits per heavy atom. The summed E-state index contributed by atoms with van der Waals surface area (Å²) in [5, 5.41) is 3.18. The van der Waals surface area contributed by atoms with Crippen LogP contribution in [0.1, 0.15) is 13.8 Å². The van der Waals surface area contributed by atoms with Crippen molar-refractivity contribution in [3.05, 3.63) is 17.2 Å². The van der Waals surface area contributed by atoms with Crippen molar-refractivity contribution in [3.63, 3.8) is 0 Å². The highest BCUT2D eigenvalue weighted by Crippen LogP contribution is 2.39. The van der Waals surface area contributed by atoms with Gasteiger partial charge in [0, 0.05) is 18.1 Å². The van der Waals surface area contributed by atoms with Gasteiger partial charge in [-0.3, -0.25) is 4.79 Å². The van der Waals surface area contributed by atoms with E-state index in [1.807, 2.05) is 13.8 Å². The third-order valence-electron chi connectivity index (χ3n) is 2.24. The number of anilines is 1. The van der Waals surface area contributed by atoms with Crippen molar-refractivity contribution >= 4 is 23.2 Å². The van der Waals surface area contributed by atoms with Gasteiger partial charge in [-0.1, -0.05) is 25.4 Å². The number of ether oxygens (including phenoxy) is 2. The zero-order chi connectivity index (χ0) is 11.7. The van der Waals surface area contributed by atoms with Gasteiger partial charge in [0.1, 0.15) is 0 Å². The summed E-state index contributed by atoms with van der Waals surface area (Å²) in [5.74, 6) is 1.03. The van der Waals surface area contributed by atoms with Gasteiger partial charge in [-0.05, 0) is 0 Å². The number of hydrogen-bond acceptors (Lipinski definition) is 3. The highest BCUT2D eigenvalue weighted by atomic mass is 35.5. The van der Waals surface area contributed by atoms with E-state index in [0.717, 1.165) is 0 Å². The zero-order valence-corrected chi connectivity index (χ0v) is 9.80. The van der Waals surface area contributed by atoms with Gasteiger partial charge in [-0.2, -0.15) is 0 Å². The molecule has 0 aromatic heterocycles. The molecule has 1 N–H and O–H groups in total. The fourth-order valence-corrected chi connectivity index (χ4v) is 1.49. The molecule has 5 heteroatoms. The number of rotatable bonds is 2. The molecular formula is C11H12ClNO3. The predicted octanol–water partition coefficient (Wildman–Crippen LogP) is 2.66. The lowest BCUT2D eigenvalue weighted by atomic mass is 10.2. The van der Waals surface area contributed by atoms with Gasteiger partial charge in [0.25, 0.3) is 0 Å². The van der Waals surface area contributed by atoms with Gasteiger partial charge >= 0.3 is 0 Å². The maximum absolute atomic E-state index is 11.5. The van der Waals surface area contributed by atoms with Gasteiger partial charge in [-0.25, -0.2) is 0 Å². The molecule has 0 atom stereocenters. The van der Waals surface area contributed by atoms with Crippen molar-refractivity contribution < 1.29 is 14.3 Å². The van der Waals surface area contributed by atoms with Crippen molar-refractivity contribution in [3.8, 4) is 11.5 Å². The van der Waals surface area contributed by atoms with Crippen molar-refractivity contribution in [2.75, 3.05) is 12.1 Å². The normalized spacial score (nSPS) is 13.0. The minimum absolute atomic E-state index is 0.0826. The molecule has 1 aromatic carbocycles. The van der Waals surface area contributed by atoms with Crippen LogP contribution in [-0.4, -0.2) is 12.7 Å². The van der Waals surface area contributed by atoms with Crippen LogP contribution in [0.25, 0.3) is 0 Å². The van der Waals surface area contributed by atoms with E-state index in [1.54, 1.807) is 12.1 Å². The van der Waals surface area contributed by atoms with Crippen molar-refractivity contribution in [2.24, 2.45) is 5.92 Å². The zero-order valence-electron chi connectivity index (χ0n) is 9.04. The molecule has 0 bridgehead atoms. The molecule has 1 aromatic rings. The van der Waals surface area contributed by atoms with Gasteiger partial charge in [0.15, 0.2) is 11.5 Å². The van der Waals surface area contributed by atoms with Crippen LogP contribution in [0.3, 0.4) is 0 Å². The summed E-state index contributed by atoms with van der Waals surface area (Å²) < 4.78 is 10.4. The third-order valence-corrected chi connectivity index (χ3v) is 2.56. The molecule has 1 heterocycles. The second-order valence-corrected chi connectivity index (χ2v) is 4.24. The number of carbonyl (C=O) groups excluding carboxylic acids is 1. The molecule has 0 saturated carbocycles. The average Bonchev–Trinajstić information content (AvgIpc) is 2.65. The van der Waals surface area contributed by atoms with Gasteiger partial charge in [0.2, 0.25) is 12.7 Å². The summed E-state index contributed by atoms with van der Waals surface area (Å²) in [4.78, 5) is 11.5. The number of nitrogens with one attached hydrogen (secondary N) is 1. The number of fused-ring (bicyclic) bond motifs is 1. The van der Waals surface area contributed by atoms with E-state index in [2.05, 4.69) is 5.32 Å². The first-order chi connectivity index (χ1) is 7.58. The van der Waals surface area contributed by atoms with Crippen LogP contribution in [0, 0.1) is 5.92 Å². The number of halogens is 1. The Morgan fingerprint density at radius 2 is 2.00 bits per heavy atom. The van der Waals surface area contributed by atoms with Crippen LogP contribution in [0.5, 0.6) is 11.5 Å². The number of hydrogen-bond donors (Lipinski definition) is 1. The van der Waals surface area contributed by atoms with E-state index < -0.39 is 0 Å². The predicted molar refractivity (Wildman–Crippen MR) is 61.0 cm³/mol. The second kappa shape index (κ2) is 4.22. The van der Waals surface area contributed by atoms with E-state index in [9.17, 15) is 4.79 Å². The molecule has 0 fully saturated rings. The minimum atomic E-state index is -0.0958. The van der Waals surface area contributed by atoms with Crippen LogP contribution in [0.15, 0.2) is 12.1 Å². The van der Waals surface area contributed by atoms with E-state index >= 15 is 0 Å². The van der Waals surface area contributed by atoms with Gasteiger partial charge in [-0.15, -0.1) is 0 Å². The summed E-state index contributed by atoms with van der Waals surface area (Å²) >= 11 is 6.01. The minimum Gasteiger partial charge on any atom is -0.454 e. The molecule has 0 spiro atoms. The van der Waals surface area contributed by atoms with E-state index in [1.165, 1.54) is 0 Å². The van der Waals surface area contributed by atoms with Crippen LogP contribution in [0.4, 0.5) is 5.69 Å². The smallest absolute Gasteiger partial charge is 0.231 e. The summed E-state index contributed by atoms with van der Waals surface area (Å²) in [6, 6.07) is 3.31. The molecule has 4 nitrogen and oxygen atoms in total. The molecule has 2 rings (SSSR count). The Morgan fingerprint density at radius 1 is 1.38 bits per heavy atom. The summed E-state index contributed by atoms with van der Waals surface area (Å²) in [6.07, 6.45) is 0. The average molecular weight is 242 g/mol. The van der Waals surface area contributed by atoms with Crippen molar-refractivity contribution in [2.45, 2.75) is 13.8 Å². The molecule has 86 valence electrons. The lowest BCUT2D eigenvalue weighted by molar-refractivity contribution is -0.118.